The van der Waals surface area contributed by atoms with Gasteiger partial charge in [0, 0.05) is 42.4 Å². The lowest BCUT2D eigenvalue weighted by Crippen LogP contribution is -2.50. The highest BCUT2D eigenvalue weighted by Gasteiger charge is 2.45. The molecule has 2 aliphatic rings. The summed E-state index contributed by atoms with van der Waals surface area (Å²) in [7, 11) is 1.56. The van der Waals surface area contributed by atoms with Crippen LogP contribution < -0.4 is 15.5 Å². The van der Waals surface area contributed by atoms with Crippen LogP contribution in [0.15, 0.2) is 66.2 Å². The molecule has 2 aromatic carbocycles. The molecular weight excluding hydrogens is 562 g/mol. The molecule has 2 heterocycles. The number of benzene rings is 2. The van der Waals surface area contributed by atoms with Gasteiger partial charge in [-0.1, -0.05) is 30.3 Å². The molecule has 2 N–H and O–H groups in total. The summed E-state index contributed by atoms with van der Waals surface area (Å²) in [5.74, 6) is -0.305. The molecule has 0 bridgehead atoms. The second-order valence-corrected chi connectivity index (χ2v) is 11.8. The zero-order valence-corrected chi connectivity index (χ0v) is 24.2. The predicted molar refractivity (Wildman–Crippen MR) is 158 cm³/mol. The molecule has 1 aromatic heterocycles. The fourth-order valence-electron chi connectivity index (χ4n) is 4.46. The topological polar surface area (TPSA) is 121 Å². The number of thiazole rings is 1. The number of aromatic nitrogens is 1. The summed E-state index contributed by atoms with van der Waals surface area (Å²) in [5.41, 5.74) is 1.86. The zero-order valence-electron chi connectivity index (χ0n) is 22.5. The van der Waals surface area contributed by atoms with Crippen molar-refractivity contribution in [1.29, 1.82) is 0 Å². The Kier molecular flexibility index (Phi) is 9.20. The van der Waals surface area contributed by atoms with Crippen molar-refractivity contribution in [2.75, 3.05) is 17.7 Å². The number of carbonyl (C=O) groups excluding carboxylic acids is 4. The van der Waals surface area contributed by atoms with E-state index in [1.54, 1.807) is 42.9 Å². The van der Waals surface area contributed by atoms with Crippen LogP contribution in [0.4, 0.5) is 15.6 Å². The quantitative estimate of drug-likeness (QED) is 0.360. The van der Waals surface area contributed by atoms with E-state index in [4.69, 9.17) is 4.74 Å². The molecule has 214 valence electrons. The first-order chi connectivity index (χ1) is 19.9. The van der Waals surface area contributed by atoms with Crippen LogP contribution in [0.2, 0.25) is 0 Å². The van der Waals surface area contributed by atoms with Crippen LogP contribution in [0.3, 0.4) is 0 Å². The molecule has 2 atom stereocenters. The molecule has 1 aliphatic carbocycles. The monoisotopic (exact) mass is 593 g/mol. The van der Waals surface area contributed by atoms with E-state index in [9.17, 15) is 19.2 Å². The maximum Gasteiger partial charge on any atom is 0.411 e. The Morgan fingerprint density at radius 1 is 1.07 bits per heavy atom. The molecule has 41 heavy (non-hydrogen) atoms. The van der Waals surface area contributed by atoms with Crippen LogP contribution in [0, 0.1) is 0 Å². The van der Waals surface area contributed by atoms with Gasteiger partial charge in [0.15, 0.2) is 5.13 Å². The van der Waals surface area contributed by atoms with E-state index in [0.717, 1.165) is 18.4 Å². The molecule has 10 nitrogen and oxygen atoms in total. The molecule has 2 unspecified atom stereocenters. The molecule has 3 aromatic rings. The van der Waals surface area contributed by atoms with Crippen molar-refractivity contribution in [3.63, 3.8) is 0 Å². The smallest absolute Gasteiger partial charge is 0.411 e. The van der Waals surface area contributed by atoms with Crippen molar-refractivity contribution in [2.24, 2.45) is 0 Å². The number of nitrogens with one attached hydrogen (secondary N) is 2. The van der Waals surface area contributed by atoms with Gasteiger partial charge in [-0.25, -0.2) is 9.78 Å². The number of carbonyl (C=O) groups is 4. The maximum absolute atomic E-state index is 14.2. The lowest BCUT2D eigenvalue weighted by atomic mass is 10.1. The highest BCUT2D eigenvalue weighted by atomic mass is 32.2. The van der Waals surface area contributed by atoms with Gasteiger partial charge in [-0.2, -0.15) is 0 Å². The number of ether oxygens (including phenoxy) is 1. The summed E-state index contributed by atoms with van der Waals surface area (Å²) in [6, 6.07) is 15.5. The van der Waals surface area contributed by atoms with Gasteiger partial charge < -0.3 is 15.4 Å². The first-order valence-electron chi connectivity index (χ1n) is 13.4. The Bertz CT molecular complexity index is 1370. The third-order valence-corrected chi connectivity index (χ3v) is 8.93. The fourth-order valence-corrected chi connectivity index (χ4v) is 6.51. The van der Waals surface area contributed by atoms with Gasteiger partial charge >= 0.3 is 6.09 Å². The van der Waals surface area contributed by atoms with Crippen LogP contribution in [0.5, 0.6) is 0 Å². The molecule has 0 spiro atoms. The number of anilines is 2. The SMILES string of the molecule is CNC(=O)CCC1SCC(C(=O)N(c2ccc(C(=O)NC3CC3)cc2)c2nccs2)N1C(=O)OCc1ccccc1. The van der Waals surface area contributed by atoms with Crippen molar-refractivity contribution >= 4 is 57.7 Å². The molecule has 1 aliphatic heterocycles. The molecule has 2 fully saturated rings. The maximum atomic E-state index is 14.2. The summed E-state index contributed by atoms with van der Waals surface area (Å²) in [6.07, 6.45) is 3.55. The Labute approximate surface area is 246 Å². The molecule has 1 saturated heterocycles. The largest absolute Gasteiger partial charge is 0.445 e. The number of nitrogens with zero attached hydrogens (tertiary/aromatic N) is 3. The fraction of sp³-hybridized carbons (Fsp3) is 0.345. The van der Waals surface area contributed by atoms with Crippen LogP contribution in [-0.2, 0) is 20.9 Å². The second-order valence-electron chi connectivity index (χ2n) is 9.75. The van der Waals surface area contributed by atoms with E-state index >= 15 is 0 Å². The molecule has 1 saturated carbocycles. The van der Waals surface area contributed by atoms with Gasteiger partial charge in [0.2, 0.25) is 5.91 Å². The number of amides is 4. The Balaban J connectivity index is 1.39. The molecular formula is C29H31N5O5S2. The van der Waals surface area contributed by atoms with Crippen LogP contribution in [0.25, 0.3) is 0 Å². The van der Waals surface area contributed by atoms with Crippen molar-refractivity contribution < 1.29 is 23.9 Å². The first-order valence-corrected chi connectivity index (χ1v) is 15.3. The molecule has 12 heteroatoms. The normalized spacial score (nSPS) is 18.0. The lowest BCUT2D eigenvalue weighted by molar-refractivity contribution is -0.121. The van der Waals surface area contributed by atoms with E-state index in [1.165, 1.54) is 32.9 Å². The van der Waals surface area contributed by atoms with Crippen LogP contribution in [0.1, 0.15) is 41.6 Å². The van der Waals surface area contributed by atoms with Gasteiger partial charge in [0.1, 0.15) is 12.6 Å². The summed E-state index contributed by atoms with van der Waals surface area (Å²) in [4.78, 5) is 59.5. The van der Waals surface area contributed by atoms with E-state index in [1.807, 2.05) is 30.3 Å². The van der Waals surface area contributed by atoms with Gasteiger partial charge in [-0.15, -0.1) is 23.1 Å². The molecule has 0 radical (unpaired) electrons. The summed E-state index contributed by atoms with van der Waals surface area (Å²) in [5, 5.41) is 7.37. The Morgan fingerprint density at radius 2 is 1.83 bits per heavy atom. The number of rotatable bonds is 10. The number of hydrogen-bond donors (Lipinski definition) is 2. The standard InChI is InChI=1S/C29H31N5O5S2/c1-30-24(35)13-14-25-34(29(38)39-17-19-5-3-2-4-6-19)23(18-41-25)27(37)33(28-31-15-16-40-28)22-11-7-20(8-12-22)26(36)32-21-9-10-21/h2-8,11-12,15-16,21,23,25H,9-10,13-14,17-18H2,1H3,(H,30,35)(H,32,36). The van der Waals surface area contributed by atoms with Crippen molar-refractivity contribution in [1.82, 2.24) is 20.5 Å². The van der Waals surface area contributed by atoms with Gasteiger partial charge in [0.05, 0.1) is 11.1 Å². The van der Waals surface area contributed by atoms with Crippen LogP contribution in [-0.4, -0.2) is 64.0 Å². The highest BCUT2D eigenvalue weighted by Crippen LogP contribution is 2.37. The lowest BCUT2D eigenvalue weighted by Gasteiger charge is -2.31. The van der Waals surface area contributed by atoms with E-state index in [0.29, 0.717) is 28.6 Å². The highest BCUT2D eigenvalue weighted by molar-refractivity contribution is 8.00. The minimum Gasteiger partial charge on any atom is -0.445 e. The first kappa shape index (κ1) is 28.6. The van der Waals surface area contributed by atoms with E-state index in [-0.39, 0.29) is 36.8 Å². The predicted octanol–water partition coefficient (Wildman–Crippen LogP) is 4.31. The molecule has 4 amide bonds. The minimum atomic E-state index is -0.847. The summed E-state index contributed by atoms with van der Waals surface area (Å²) in [6.45, 7) is 0.0600. The third-order valence-electron chi connectivity index (χ3n) is 6.82. The minimum absolute atomic E-state index is 0.0600. The Hall–Kier alpha value is -3.90. The number of thioether (sulfide) groups is 1. The number of hydrogen-bond acceptors (Lipinski definition) is 8. The molecule has 5 rings (SSSR count). The average Bonchev–Trinajstić information content (AvgIpc) is 3.46. The van der Waals surface area contributed by atoms with Crippen molar-refractivity contribution in [3.05, 3.63) is 77.3 Å². The average molecular weight is 594 g/mol. The van der Waals surface area contributed by atoms with Crippen LogP contribution >= 0.6 is 23.1 Å². The van der Waals surface area contributed by atoms with E-state index < -0.39 is 17.5 Å². The van der Waals surface area contributed by atoms with Gasteiger partial charge in [-0.3, -0.25) is 24.2 Å². The Morgan fingerprint density at radius 3 is 2.49 bits per heavy atom. The summed E-state index contributed by atoms with van der Waals surface area (Å²) < 4.78 is 5.66. The third kappa shape index (κ3) is 7.06. The summed E-state index contributed by atoms with van der Waals surface area (Å²) >= 11 is 2.74. The zero-order chi connectivity index (χ0) is 28.8. The second kappa shape index (κ2) is 13.2. The van der Waals surface area contributed by atoms with Gasteiger partial charge in [-0.05, 0) is 49.1 Å². The van der Waals surface area contributed by atoms with Crippen molar-refractivity contribution in [2.45, 2.75) is 49.7 Å². The van der Waals surface area contributed by atoms with E-state index in [2.05, 4.69) is 15.6 Å². The van der Waals surface area contributed by atoms with Crippen molar-refractivity contribution in [3.8, 4) is 0 Å². The van der Waals surface area contributed by atoms with Gasteiger partial charge in [0.25, 0.3) is 11.8 Å².